The van der Waals surface area contributed by atoms with E-state index < -0.39 is 29.7 Å². The third-order valence-corrected chi connectivity index (χ3v) is 16.1. The van der Waals surface area contributed by atoms with Gasteiger partial charge in [0, 0.05) is 89.3 Å². The molecule has 2 aromatic rings. The number of carbonyl (C=O) groups excluding carboxylic acids is 6. The minimum atomic E-state index is -0.983. The van der Waals surface area contributed by atoms with E-state index in [4.69, 9.17) is 18.2 Å². The van der Waals surface area contributed by atoms with Crippen LogP contribution in [0, 0.1) is 29.7 Å². The Kier molecular flexibility index (Phi) is 9.33. The maximum Gasteiger partial charge on any atom is 0.262 e. The summed E-state index contributed by atoms with van der Waals surface area (Å²) >= 11 is 6.50. The number of anilines is 2. The van der Waals surface area contributed by atoms with Gasteiger partial charge in [0.2, 0.25) is 29.3 Å². The number of hydrogen-bond acceptors (Lipinski definition) is 9. The monoisotopic (exact) mass is 834 g/mol. The van der Waals surface area contributed by atoms with Crippen molar-refractivity contribution in [2.75, 3.05) is 75.2 Å². The maximum atomic E-state index is 13.9. The number of rotatable bonds is 6. The summed E-state index contributed by atoms with van der Waals surface area (Å²) in [5.74, 6) is -1.52. The number of hydrogen-bond donors (Lipinski definition) is 1. The Morgan fingerprint density at radius 1 is 0.767 bits per heavy atom. The zero-order valence-corrected chi connectivity index (χ0v) is 34.9. The summed E-state index contributed by atoms with van der Waals surface area (Å²) in [6, 6.07) is 8.56. The fourth-order valence-electron chi connectivity index (χ4n) is 12.2. The summed E-state index contributed by atoms with van der Waals surface area (Å²) in [5.41, 5.74) is 3.46. The number of nitrogens with zero attached hydrogens (tertiary/aromatic N) is 7. The minimum absolute atomic E-state index is 0.0850. The van der Waals surface area contributed by atoms with Crippen LogP contribution in [0.25, 0.3) is 4.85 Å². The van der Waals surface area contributed by atoms with Crippen molar-refractivity contribution < 1.29 is 28.8 Å². The zero-order chi connectivity index (χ0) is 41.7. The van der Waals surface area contributed by atoms with Gasteiger partial charge in [0.25, 0.3) is 11.8 Å². The molecule has 1 atom stereocenters. The Hall–Kier alpha value is -5.00. The van der Waals surface area contributed by atoms with Gasteiger partial charge in [-0.05, 0) is 100.0 Å². The van der Waals surface area contributed by atoms with Crippen LogP contribution in [0.3, 0.4) is 0 Å². The summed E-state index contributed by atoms with van der Waals surface area (Å²) in [7, 11) is 0. The normalized spacial score (nSPS) is 29.0. The molecule has 6 aliphatic heterocycles. The van der Waals surface area contributed by atoms with E-state index in [0.29, 0.717) is 54.7 Å². The van der Waals surface area contributed by atoms with E-state index in [1.54, 1.807) is 12.1 Å². The molecule has 1 N–H and O–H groups in total. The second-order valence-electron chi connectivity index (χ2n) is 18.9. The van der Waals surface area contributed by atoms with Gasteiger partial charge in [-0.1, -0.05) is 17.7 Å². The van der Waals surface area contributed by atoms with Crippen LogP contribution < -0.4 is 15.1 Å². The molecule has 1 unspecified atom stereocenters. The molecule has 314 valence electrons. The van der Waals surface area contributed by atoms with Gasteiger partial charge in [-0.2, -0.15) is 0 Å². The summed E-state index contributed by atoms with van der Waals surface area (Å²) in [5, 5.41) is 2.78. The van der Waals surface area contributed by atoms with Crippen molar-refractivity contribution in [2.24, 2.45) is 16.2 Å². The summed E-state index contributed by atoms with van der Waals surface area (Å²) in [6.07, 6.45) is 7.20. The summed E-state index contributed by atoms with van der Waals surface area (Å²) in [4.78, 5) is 94.3. The first-order chi connectivity index (χ1) is 28.8. The molecule has 15 heteroatoms. The molecule has 8 fully saturated rings. The van der Waals surface area contributed by atoms with Crippen LogP contribution in [0.15, 0.2) is 30.3 Å². The van der Waals surface area contributed by atoms with Crippen molar-refractivity contribution >= 4 is 64.1 Å². The number of piperazine rings is 1. The van der Waals surface area contributed by atoms with E-state index >= 15 is 0 Å². The third-order valence-electron chi connectivity index (χ3n) is 15.7. The second kappa shape index (κ2) is 14.3. The van der Waals surface area contributed by atoms with Crippen LogP contribution in [0.1, 0.15) is 90.5 Å². The highest BCUT2D eigenvalue weighted by Gasteiger charge is 2.76. The van der Waals surface area contributed by atoms with Gasteiger partial charge in [0.15, 0.2) is 0 Å². The molecule has 11 rings (SSSR count). The van der Waals surface area contributed by atoms with E-state index in [1.807, 2.05) is 30.0 Å². The lowest BCUT2D eigenvalue weighted by Gasteiger charge is -2.69. The molecule has 5 saturated heterocycles. The first kappa shape index (κ1) is 39.2. The maximum absolute atomic E-state index is 13.9. The highest BCUT2D eigenvalue weighted by molar-refractivity contribution is 6.34. The molecule has 0 aromatic heterocycles. The molecule has 1 spiro atoms. The molecule has 6 heterocycles. The smallest absolute Gasteiger partial charge is 0.262 e. The standard InChI is InChI=1S/C45H51ClN8O6/c1-28-34(6-5-33(47-2)37(28)46)53-18-13-43(27-53)11-16-51(17-12-43)41(59)44-24-45(25-44,26-44)42(60)52-21-19-50(20-22-52)29-9-14-49(15-10-29)30-3-4-31-32(23-30)40(58)54(39(31)57)35-7-8-36(55)48-38(35)56/h3-6,23,29,35H,7-22,24-27H2,1H3,(H,48,55,56). The Bertz CT molecular complexity index is 2250. The largest absolute Gasteiger partial charge is 0.371 e. The van der Waals surface area contributed by atoms with Gasteiger partial charge in [0.1, 0.15) is 6.04 Å². The highest BCUT2D eigenvalue weighted by atomic mass is 35.5. The molecule has 14 nitrogen and oxygen atoms in total. The molecule has 60 heavy (non-hydrogen) atoms. The summed E-state index contributed by atoms with van der Waals surface area (Å²) in [6.45, 7) is 17.4. The highest BCUT2D eigenvalue weighted by Crippen LogP contribution is 2.74. The molecular weight excluding hydrogens is 784 g/mol. The Morgan fingerprint density at radius 2 is 1.40 bits per heavy atom. The van der Waals surface area contributed by atoms with Gasteiger partial charge in [0.05, 0.1) is 33.6 Å². The molecule has 3 saturated carbocycles. The van der Waals surface area contributed by atoms with Crippen molar-refractivity contribution in [1.82, 2.24) is 24.9 Å². The van der Waals surface area contributed by atoms with Gasteiger partial charge < -0.3 is 19.6 Å². The van der Waals surface area contributed by atoms with Crippen LogP contribution >= 0.6 is 11.6 Å². The fourth-order valence-corrected chi connectivity index (χ4v) is 12.4. The first-order valence-electron chi connectivity index (χ1n) is 21.7. The molecule has 2 bridgehead atoms. The lowest BCUT2D eigenvalue weighted by Crippen LogP contribution is -2.73. The van der Waals surface area contributed by atoms with Gasteiger partial charge in [-0.25, -0.2) is 4.85 Å². The van der Waals surface area contributed by atoms with Crippen LogP contribution in [-0.2, 0) is 19.2 Å². The van der Waals surface area contributed by atoms with Gasteiger partial charge in [-0.3, -0.25) is 43.9 Å². The van der Waals surface area contributed by atoms with Crippen molar-refractivity contribution in [3.05, 3.63) is 63.5 Å². The average Bonchev–Trinajstić information content (AvgIpc) is 3.74. The van der Waals surface area contributed by atoms with Crippen molar-refractivity contribution in [1.29, 1.82) is 0 Å². The third kappa shape index (κ3) is 6.12. The van der Waals surface area contributed by atoms with Crippen molar-refractivity contribution in [2.45, 2.75) is 83.2 Å². The van der Waals surface area contributed by atoms with Crippen molar-refractivity contribution in [3.63, 3.8) is 0 Å². The van der Waals surface area contributed by atoms with E-state index in [9.17, 15) is 28.8 Å². The number of amides is 6. The number of nitrogens with one attached hydrogen (secondary N) is 1. The Morgan fingerprint density at radius 3 is 2.05 bits per heavy atom. The van der Waals surface area contributed by atoms with E-state index in [0.717, 1.165) is 106 Å². The second-order valence-corrected chi connectivity index (χ2v) is 19.3. The SMILES string of the molecule is [C-]#[N+]c1ccc(N2CCC3(CCN(C(=O)C45CC(C(=O)N6CCN(C7CCN(c8ccc9c(c8)C(=O)N(C8CCC(=O)NC8=O)C9=O)CC7)CC6)(C4)C5)CC3)C2)c(C)c1Cl. The number of fused-ring (bicyclic) bond motifs is 1. The van der Waals surface area contributed by atoms with Crippen LogP contribution in [0.4, 0.5) is 17.1 Å². The number of benzene rings is 2. The number of halogens is 1. The van der Waals surface area contributed by atoms with Crippen LogP contribution in [0.5, 0.6) is 0 Å². The van der Waals surface area contributed by atoms with E-state index in [1.165, 1.54) is 0 Å². The molecule has 9 aliphatic rings. The average molecular weight is 835 g/mol. The molecule has 6 amide bonds. The van der Waals surface area contributed by atoms with E-state index in [-0.39, 0.29) is 46.5 Å². The summed E-state index contributed by atoms with van der Waals surface area (Å²) < 4.78 is 0. The topological polar surface area (TPSA) is 138 Å². The van der Waals surface area contributed by atoms with Crippen molar-refractivity contribution in [3.8, 4) is 0 Å². The lowest BCUT2D eigenvalue weighted by atomic mass is 9.34. The molecular formula is C45H51ClN8O6. The predicted octanol–water partition coefficient (Wildman–Crippen LogP) is 4.40. The van der Waals surface area contributed by atoms with Gasteiger partial charge in [-0.15, -0.1) is 0 Å². The molecule has 2 aromatic carbocycles. The fraction of sp³-hybridized carbons (Fsp3) is 0.578. The predicted molar refractivity (Wildman–Crippen MR) is 223 cm³/mol. The number of piperidine rings is 3. The van der Waals surface area contributed by atoms with Crippen LogP contribution in [0.2, 0.25) is 5.02 Å². The Labute approximate surface area is 354 Å². The molecule has 3 aliphatic carbocycles. The molecule has 0 radical (unpaired) electrons. The minimum Gasteiger partial charge on any atom is -0.371 e. The lowest BCUT2D eigenvalue weighted by molar-refractivity contribution is -0.223. The zero-order valence-electron chi connectivity index (χ0n) is 34.1. The number of likely N-dealkylation sites (tertiary alicyclic amines) is 1. The van der Waals surface area contributed by atoms with Gasteiger partial charge >= 0.3 is 0 Å². The van der Waals surface area contributed by atoms with Crippen LogP contribution in [-0.4, -0.2) is 133 Å². The quantitative estimate of drug-likeness (QED) is 0.332. The number of carbonyl (C=O) groups is 6. The number of imide groups is 2. The Balaban J connectivity index is 0.671. The first-order valence-corrected chi connectivity index (χ1v) is 22.1. The van der Waals surface area contributed by atoms with E-state index in [2.05, 4.69) is 29.8 Å².